The normalized spacial score (nSPS) is 10.5. The molecule has 5 nitrogen and oxygen atoms in total. The predicted octanol–water partition coefficient (Wildman–Crippen LogP) is 3.61. The predicted molar refractivity (Wildman–Crippen MR) is 92.6 cm³/mol. The lowest BCUT2D eigenvalue weighted by Crippen LogP contribution is -2.07. The summed E-state index contributed by atoms with van der Waals surface area (Å²) in [5.74, 6) is -0.160. The highest BCUT2D eigenvalue weighted by Gasteiger charge is 2.16. The number of aromatic nitrogens is 2. The van der Waals surface area contributed by atoms with Crippen LogP contribution in [0.25, 0.3) is 0 Å². The number of hydrogen-bond acceptors (Lipinski definition) is 4. The Hall–Kier alpha value is -2.62. The number of nitriles is 1. The van der Waals surface area contributed by atoms with Gasteiger partial charge in [-0.15, -0.1) is 0 Å². The molecule has 0 atom stereocenters. The summed E-state index contributed by atoms with van der Waals surface area (Å²) in [4.78, 5) is 13.0. The molecule has 0 amide bonds. The van der Waals surface area contributed by atoms with Crippen LogP contribution in [0.4, 0.5) is 0 Å². The molecule has 120 valence electrons. The molecule has 2 N–H and O–H groups in total. The van der Waals surface area contributed by atoms with E-state index < -0.39 is 5.56 Å². The maximum absolute atomic E-state index is 12.1. The van der Waals surface area contributed by atoms with Gasteiger partial charge in [0.1, 0.15) is 4.90 Å². The molecule has 7 heteroatoms. The van der Waals surface area contributed by atoms with E-state index in [1.807, 2.05) is 12.1 Å². The fraction of sp³-hybridized carbons (Fsp3) is 0.0588. The fourth-order valence-corrected chi connectivity index (χ4v) is 3.34. The Balaban J connectivity index is 1.91. The third-order valence-electron chi connectivity index (χ3n) is 3.35. The maximum atomic E-state index is 12.1. The average Bonchev–Trinajstić information content (AvgIpc) is 2.84. The van der Waals surface area contributed by atoms with Gasteiger partial charge in [0.05, 0.1) is 23.2 Å². The van der Waals surface area contributed by atoms with Crippen LogP contribution in [-0.4, -0.2) is 14.9 Å². The van der Waals surface area contributed by atoms with Crippen molar-refractivity contribution in [3.63, 3.8) is 0 Å². The van der Waals surface area contributed by atoms with Crippen molar-refractivity contribution in [3.05, 3.63) is 75.0 Å². The number of aromatic amines is 1. The average molecular weight is 358 g/mol. The van der Waals surface area contributed by atoms with Gasteiger partial charge in [0.25, 0.3) is 5.56 Å². The Morgan fingerprint density at radius 3 is 2.79 bits per heavy atom. The van der Waals surface area contributed by atoms with E-state index >= 15 is 0 Å². The van der Waals surface area contributed by atoms with Crippen LogP contribution in [0.2, 0.25) is 5.02 Å². The number of H-pyrrole nitrogens is 1. The van der Waals surface area contributed by atoms with Crippen LogP contribution in [0.1, 0.15) is 11.1 Å². The van der Waals surface area contributed by atoms with Crippen LogP contribution < -0.4 is 5.56 Å². The molecule has 0 fully saturated rings. The number of rotatable bonds is 4. The van der Waals surface area contributed by atoms with Gasteiger partial charge in [0.15, 0.2) is 0 Å². The van der Waals surface area contributed by atoms with Crippen molar-refractivity contribution in [3.8, 4) is 11.9 Å². The van der Waals surface area contributed by atoms with Gasteiger partial charge in [0.2, 0.25) is 5.88 Å². The zero-order chi connectivity index (χ0) is 17.1. The minimum atomic E-state index is -0.395. The number of benzene rings is 2. The lowest BCUT2D eigenvalue weighted by Gasteiger charge is -2.06. The molecule has 0 radical (unpaired) electrons. The molecular weight excluding hydrogens is 346 g/mol. The minimum Gasteiger partial charge on any atom is -0.493 e. The Kier molecular flexibility index (Phi) is 4.65. The van der Waals surface area contributed by atoms with E-state index in [0.717, 1.165) is 17.3 Å². The summed E-state index contributed by atoms with van der Waals surface area (Å²) >= 11 is 7.20. The number of aromatic hydroxyl groups is 1. The van der Waals surface area contributed by atoms with E-state index in [0.29, 0.717) is 15.5 Å². The molecule has 0 unspecified atom stereocenters. The largest absolute Gasteiger partial charge is 0.493 e. The fourth-order valence-electron chi connectivity index (χ4n) is 2.22. The van der Waals surface area contributed by atoms with E-state index in [4.69, 9.17) is 16.9 Å². The lowest BCUT2D eigenvalue weighted by atomic mass is 10.1. The van der Waals surface area contributed by atoms with Gasteiger partial charge in [-0.1, -0.05) is 47.6 Å². The van der Waals surface area contributed by atoms with E-state index in [1.54, 1.807) is 36.4 Å². The molecule has 0 saturated carbocycles. The third kappa shape index (κ3) is 3.32. The molecule has 2 aromatic carbocycles. The van der Waals surface area contributed by atoms with Gasteiger partial charge in [-0.25, -0.2) is 4.68 Å². The van der Waals surface area contributed by atoms with Crippen molar-refractivity contribution < 1.29 is 5.11 Å². The molecule has 0 spiro atoms. The van der Waals surface area contributed by atoms with Gasteiger partial charge in [0, 0.05) is 4.90 Å². The lowest BCUT2D eigenvalue weighted by molar-refractivity contribution is 0.399. The standard InChI is InChI=1S/C17H12ClN3O2S/c18-13-6-1-2-7-14(13)24-15-16(22)20-21(17(15)23)10-12-5-3-4-11(8-12)9-19/h1-8,23H,10H2,(H,20,22). The van der Waals surface area contributed by atoms with Gasteiger partial charge in [-0.3, -0.25) is 9.89 Å². The highest BCUT2D eigenvalue weighted by atomic mass is 35.5. The SMILES string of the molecule is N#Cc1cccc(Cn2[nH]c(=O)c(Sc3ccccc3Cl)c2O)c1. The first-order valence-electron chi connectivity index (χ1n) is 7.01. The van der Waals surface area contributed by atoms with Crippen LogP contribution in [0.3, 0.4) is 0 Å². The van der Waals surface area contributed by atoms with Gasteiger partial charge < -0.3 is 5.11 Å². The molecule has 0 aliphatic carbocycles. The number of nitrogens with zero attached hydrogens (tertiary/aromatic N) is 2. The molecule has 24 heavy (non-hydrogen) atoms. The van der Waals surface area contributed by atoms with Crippen LogP contribution >= 0.6 is 23.4 Å². The number of halogens is 1. The van der Waals surface area contributed by atoms with Crippen molar-refractivity contribution in [2.24, 2.45) is 0 Å². The molecule has 0 saturated heterocycles. The molecule has 0 aliphatic heterocycles. The molecular formula is C17H12ClN3O2S. The highest BCUT2D eigenvalue weighted by Crippen LogP contribution is 2.35. The molecule has 3 rings (SSSR count). The van der Waals surface area contributed by atoms with Crippen LogP contribution in [0, 0.1) is 11.3 Å². The molecule has 1 heterocycles. The summed E-state index contributed by atoms with van der Waals surface area (Å²) < 4.78 is 1.35. The second kappa shape index (κ2) is 6.87. The first kappa shape index (κ1) is 16.2. The van der Waals surface area contributed by atoms with Gasteiger partial charge in [-0.05, 0) is 29.8 Å². The zero-order valence-electron chi connectivity index (χ0n) is 12.4. The van der Waals surface area contributed by atoms with E-state index in [2.05, 4.69) is 11.2 Å². The first-order valence-corrected chi connectivity index (χ1v) is 8.21. The highest BCUT2D eigenvalue weighted by molar-refractivity contribution is 7.99. The number of nitrogens with one attached hydrogen (secondary N) is 1. The monoisotopic (exact) mass is 357 g/mol. The summed E-state index contributed by atoms with van der Waals surface area (Å²) in [7, 11) is 0. The van der Waals surface area contributed by atoms with Gasteiger partial charge in [-0.2, -0.15) is 5.26 Å². The van der Waals surface area contributed by atoms with Crippen molar-refractivity contribution in [1.82, 2.24) is 9.78 Å². The zero-order valence-corrected chi connectivity index (χ0v) is 13.9. The molecule has 0 bridgehead atoms. The summed E-state index contributed by atoms with van der Waals surface area (Å²) in [5.41, 5.74) is 0.922. The Morgan fingerprint density at radius 1 is 1.25 bits per heavy atom. The number of hydrogen-bond donors (Lipinski definition) is 2. The first-order chi connectivity index (χ1) is 11.6. The Morgan fingerprint density at radius 2 is 2.04 bits per heavy atom. The Labute approximate surface area is 147 Å². The quantitative estimate of drug-likeness (QED) is 0.747. The van der Waals surface area contributed by atoms with Crippen molar-refractivity contribution in [1.29, 1.82) is 5.26 Å². The maximum Gasteiger partial charge on any atom is 0.282 e. The molecule has 1 aromatic heterocycles. The second-order valence-corrected chi connectivity index (χ2v) is 6.48. The van der Waals surface area contributed by atoms with Crippen molar-refractivity contribution in [2.45, 2.75) is 16.3 Å². The third-order valence-corrected chi connectivity index (χ3v) is 4.94. The van der Waals surface area contributed by atoms with Gasteiger partial charge >= 0.3 is 0 Å². The second-order valence-electron chi connectivity index (χ2n) is 5.02. The van der Waals surface area contributed by atoms with Crippen molar-refractivity contribution in [2.75, 3.05) is 0 Å². The molecule has 3 aromatic rings. The van der Waals surface area contributed by atoms with E-state index in [1.165, 1.54) is 4.68 Å². The summed E-state index contributed by atoms with van der Waals surface area (Å²) in [6.45, 7) is 0.250. The summed E-state index contributed by atoms with van der Waals surface area (Å²) in [6, 6.07) is 16.1. The van der Waals surface area contributed by atoms with Crippen LogP contribution in [0.5, 0.6) is 5.88 Å². The van der Waals surface area contributed by atoms with E-state index in [9.17, 15) is 9.90 Å². The Bertz CT molecular complexity index is 988. The minimum absolute atomic E-state index is 0.160. The summed E-state index contributed by atoms with van der Waals surface area (Å²) in [6.07, 6.45) is 0. The summed E-state index contributed by atoms with van der Waals surface area (Å²) in [5, 5.41) is 22.4. The van der Waals surface area contributed by atoms with Crippen molar-refractivity contribution >= 4 is 23.4 Å². The topological polar surface area (TPSA) is 81.8 Å². The van der Waals surface area contributed by atoms with Crippen LogP contribution in [-0.2, 0) is 6.54 Å². The smallest absolute Gasteiger partial charge is 0.282 e. The molecule has 0 aliphatic rings. The van der Waals surface area contributed by atoms with Crippen LogP contribution in [0.15, 0.2) is 63.1 Å². The van der Waals surface area contributed by atoms with E-state index in [-0.39, 0.29) is 17.3 Å².